The van der Waals surface area contributed by atoms with Crippen LogP contribution in [0.15, 0.2) is 18.2 Å². The molecule has 79 valence electrons. The molecule has 1 aromatic carbocycles. The number of carbonyl (C=O) groups excluding carboxylic acids is 1. The van der Waals surface area contributed by atoms with E-state index in [0.717, 1.165) is 13.2 Å². The monoisotopic (exact) mass is 210 g/mol. The van der Waals surface area contributed by atoms with Crippen LogP contribution < -0.4 is 0 Å². The lowest BCUT2D eigenvalue weighted by atomic mass is 10.1. The Morgan fingerprint density at radius 1 is 1.60 bits per heavy atom. The first-order valence-electron chi connectivity index (χ1n) is 3.94. The summed E-state index contributed by atoms with van der Waals surface area (Å²) in [4.78, 5) is 21.0. The molecule has 0 fully saturated rings. The maximum absolute atomic E-state index is 11.1. The molecule has 0 spiro atoms. The zero-order valence-electron chi connectivity index (χ0n) is 7.84. The molecule has 15 heavy (non-hydrogen) atoms. The average Bonchev–Trinajstić information content (AvgIpc) is 2.27. The van der Waals surface area contributed by atoms with E-state index in [9.17, 15) is 14.9 Å². The van der Waals surface area contributed by atoms with Gasteiger partial charge in [-0.05, 0) is 11.6 Å². The molecule has 1 rings (SSSR count). The van der Waals surface area contributed by atoms with Gasteiger partial charge in [0.2, 0.25) is 0 Å². The molecule has 6 nitrogen and oxygen atoms in total. The number of nitrogens with zero attached hydrogens (tertiary/aromatic N) is 1. The quantitative estimate of drug-likeness (QED) is 0.460. The lowest BCUT2D eigenvalue weighted by Crippen LogP contribution is -2.06. The number of nitro benzene ring substituents is 1. The number of hydrogen-bond acceptors (Lipinski definition) is 5. The van der Waals surface area contributed by atoms with Crippen molar-refractivity contribution in [3.63, 3.8) is 0 Å². The molecule has 0 bridgehead atoms. The van der Waals surface area contributed by atoms with Gasteiger partial charge in [0.25, 0.3) is 5.69 Å². The van der Waals surface area contributed by atoms with Crippen LogP contribution in [0.25, 0.3) is 0 Å². The van der Waals surface area contributed by atoms with E-state index in [4.69, 9.17) is 5.11 Å². The highest BCUT2D eigenvalue weighted by Crippen LogP contribution is 2.21. The van der Waals surface area contributed by atoms with Crippen LogP contribution in [0, 0.1) is 16.7 Å². The Hall–Kier alpha value is -1.95. The summed E-state index contributed by atoms with van der Waals surface area (Å²) in [6.45, 7) is 0.716. The second kappa shape index (κ2) is 4.52. The highest BCUT2D eigenvalue weighted by Gasteiger charge is 2.20. The highest BCUT2D eigenvalue weighted by molar-refractivity contribution is 5.93. The first-order chi connectivity index (χ1) is 7.10. The van der Waals surface area contributed by atoms with Crippen LogP contribution in [0.1, 0.15) is 15.9 Å². The molecule has 0 aliphatic rings. The molecule has 0 unspecified atom stereocenters. The molecule has 0 saturated heterocycles. The van der Waals surface area contributed by atoms with Crippen LogP contribution in [-0.2, 0) is 4.74 Å². The van der Waals surface area contributed by atoms with Crippen molar-refractivity contribution in [2.45, 2.75) is 0 Å². The smallest absolute Gasteiger partial charge is 0.344 e. The Labute approximate surface area is 85.2 Å². The number of aliphatic hydroxyl groups is 1. The fourth-order valence-corrected chi connectivity index (χ4v) is 1.06. The topological polar surface area (TPSA) is 89.7 Å². The van der Waals surface area contributed by atoms with Crippen molar-refractivity contribution in [1.82, 2.24) is 0 Å². The Morgan fingerprint density at radius 3 is 2.73 bits per heavy atom. The highest BCUT2D eigenvalue weighted by atomic mass is 16.6. The summed E-state index contributed by atoms with van der Waals surface area (Å²) in [6.07, 6.45) is 0. The minimum Gasteiger partial charge on any atom is -0.465 e. The molecule has 0 heterocycles. The normalized spacial score (nSPS) is 9.73. The van der Waals surface area contributed by atoms with Gasteiger partial charge in [-0.2, -0.15) is 0 Å². The van der Waals surface area contributed by atoms with Crippen LogP contribution in [0.5, 0.6) is 0 Å². The zero-order chi connectivity index (χ0) is 11.4. The number of rotatable bonds is 3. The van der Waals surface area contributed by atoms with E-state index in [1.54, 1.807) is 0 Å². The third-order valence-corrected chi connectivity index (χ3v) is 1.77. The van der Waals surface area contributed by atoms with Crippen LogP contribution in [0.3, 0.4) is 0 Å². The molecule has 0 aliphatic heterocycles. The van der Waals surface area contributed by atoms with Crippen LogP contribution in [0.2, 0.25) is 0 Å². The molecule has 6 heteroatoms. The predicted molar refractivity (Wildman–Crippen MR) is 49.8 cm³/mol. The van der Waals surface area contributed by atoms with E-state index in [-0.39, 0.29) is 11.1 Å². The number of ether oxygens (including phenoxy) is 1. The van der Waals surface area contributed by atoms with Gasteiger partial charge < -0.3 is 9.84 Å². The number of aliphatic hydroxyl groups excluding tert-OH is 1. The number of carbonyl (C=O) groups is 1. The Kier molecular flexibility index (Phi) is 3.35. The van der Waals surface area contributed by atoms with E-state index < -0.39 is 16.6 Å². The summed E-state index contributed by atoms with van der Waals surface area (Å²) in [5.41, 5.74) is -0.299. The summed E-state index contributed by atoms with van der Waals surface area (Å²) < 4.78 is 4.38. The number of methoxy groups -OCH3 is 1. The number of nitro groups is 1. The summed E-state index contributed by atoms with van der Waals surface area (Å²) in [5, 5.41) is 19.3. The summed E-state index contributed by atoms with van der Waals surface area (Å²) in [6, 6.07) is 3.69. The largest absolute Gasteiger partial charge is 0.465 e. The Bertz CT molecular complexity index is 401. The molecule has 0 saturated carbocycles. The molecular weight excluding hydrogens is 202 g/mol. The van der Waals surface area contributed by atoms with Crippen LogP contribution in [-0.4, -0.2) is 23.1 Å². The Balaban J connectivity index is 3.27. The fraction of sp³-hybridized carbons (Fsp3) is 0.111. The van der Waals surface area contributed by atoms with Gasteiger partial charge in [-0.1, -0.05) is 6.07 Å². The fourth-order valence-electron chi connectivity index (χ4n) is 1.06. The van der Waals surface area contributed by atoms with Gasteiger partial charge in [-0.25, -0.2) is 4.79 Å². The van der Waals surface area contributed by atoms with Crippen molar-refractivity contribution in [1.29, 1.82) is 0 Å². The van der Waals surface area contributed by atoms with E-state index >= 15 is 0 Å². The summed E-state index contributed by atoms with van der Waals surface area (Å²) in [5.74, 6) is -0.786. The van der Waals surface area contributed by atoms with Gasteiger partial charge in [0.05, 0.1) is 12.0 Å². The van der Waals surface area contributed by atoms with Crippen molar-refractivity contribution in [2.75, 3.05) is 7.11 Å². The Morgan fingerprint density at radius 2 is 2.27 bits per heavy atom. The first-order valence-corrected chi connectivity index (χ1v) is 3.94. The second-order valence-corrected chi connectivity index (χ2v) is 2.65. The lowest BCUT2D eigenvalue weighted by Gasteiger charge is -2.02. The molecule has 1 radical (unpaired) electrons. The zero-order valence-corrected chi connectivity index (χ0v) is 7.84. The maximum atomic E-state index is 11.1. The third-order valence-electron chi connectivity index (χ3n) is 1.77. The molecule has 0 aliphatic carbocycles. The van der Waals surface area contributed by atoms with E-state index in [1.165, 1.54) is 12.1 Å². The maximum Gasteiger partial charge on any atom is 0.344 e. The number of hydrogen-bond donors (Lipinski definition) is 1. The summed E-state index contributed by atoms with van der Waals surface area (Å²) in [7, 11) is 1.14. The van der Waals surface area contributed by atoms with Crippen molar-refractivity contribution in [2.24, 2.45) is 0 Å². The van der Waals surface area contributed by atoms with E-state index in [0.29, 0.717) is 6.61 Å². The molecular formula is C9H8NO5. The van der Waals surface area contributed by atoms with Gasteiger partial charge in [-0.15, -0.1) is 0 Å². The summed E-state index contributed by atoms with van der Waals surface area (Å²) >= 11 is 0. The predicted octanol–water partition coefficient (Wildman–Crippen LogP) is 1.26. The molecule has 0 atom stereocenters. The van der Waals surface area contributed by atoms with Crippen LogP contribution in [0.4, 0.5) is 5.69 Å². The molecule has 0 aromatic heterocycles. The van der Waals surface area contributed by atoms with Crippen LogP contribution >= 0.6 is 0 Å². The number of esters is 1. The van der Waals surface area contributed by atoms with Gasteiger partial charge in [0.15, 0.2) is 0 Å². The van der Waals surface area contributed by atoms with Crippen molar-refractivity contribution in [3.8, 4) is 0 Å². The minimum atomic E-state index is -0.786. The van der Waals surface area contributed by atoms with Gasteiger partial charge in [0, 0.05) is 6.07 Å². The van der Waals surface area contributed by atoms with E-state index in [2.05, 4.69) is 4.74 Å². The number of benzene rings is 1. The van der Waals surface area contributed by atoms with Crippen molar-refractivity contribution < 1.29 is 19.6 Å². The second-order valence-electron chi connectivity index (χ2n) is 2.65. The SMILES string of the molecule is COC(=O)c1ccc([CH]O)cc1[N+](=O)[O-]. The van der Waals surface area contributed by atoms with E-state index in [1.807, 2.05) is 0 Å². The molecule has 0 amide bonds. The van der Waals surface area contributed by atoms with Crippen molar-refractivity contribution >= 4 is 11.7 Å². The first kappa shape index (κ1) is 11.1. The van der Waals surface area contributed by atoms with Crippen molar-refractivity contribution in [3.05, 3.63) is 46.0 Å². The standard InChI is InChI=1S/C9H8NO5/c1-15-9(12)7-3-2-6(5-11)4-8(7)10(13)14/h2-5,11H,1H3. The molecule has 1 N–H and O–H groups in total. The third kappa shape index (κ3) is 2.29. The molecule has 1 aromatic rings. The van der Waals surface area contributed by atoms with Gasteiger partial charge in [0.1, 0.15) is 12.2 Å². The van der Waals surface area contributed by atoms with Gasteiger partial charge in [-0.3, -0.25) is 10.1 Å². The van der Waals surface area contributed by atoms with Gasteiger partial charge >= 0.3 is 5.97 Å². The lowest BCUT2D eigenvalue weighted by molar-refractivity contribution is -0.385. The minimum absolute atomic E-state index is 0.145. The average molecular weight is 210 g/mol.